The minimum absolute atomic E-state index is 0.308. The number of hydrogen-bond donors (Lipinski definition) is 1. The van der Waals surface area contributed by atoms with Gasteiger partial charge in [-0.05, 0) is 31.2 Å². The summed E-state index contributed by atoms with van der Waals surface area (Å²) in [7, 11) is 1.92. The summed E-state index contributed by atoms with van der Waals surface area (Å²) < 4.78 is 10.7. The number of benzene rings is 1. The Bertz CT molecular complexity index is 494. The van der Waals surface area contributed by atoms with Crippen LogP contribution in [-0.2, 0) is 19.6 Å². The maximum Gasteiger partial charge on any atom is 0.264 e. The Balaban J connectivity index is 1.86. The fraction of sp³-hybridized carbons (Fsp3) is 0.429. The molecule has 0 aliphatic rings. The lowest BCUT2D eigenvalue weighted by molar-refractivity contribution is 0.242. The smallest absolute Gasteiger partial charge is 0.264 e. The van der Waals surface area contributed by atoms with Crippen molar-refractivity contribution in [2.24, 2.45) is 0 Å². The largest absolute Gasteiger partial charge is 0.484 e. The SMILES string of the molecule is CCCc1noc(COc2ccc(CNC)cc2)n1. The summed E-state index contributed by atoms with van der Waals surface area (Å²) in [6.07, 6.45) is 1.84. The fourth-order valence-corrected chi connectivity index (χ4v) is 1.73. The van der Waals surface area contributed by atoms with Gasteiger partial charge in [0.1, 0.15) is 5.75 Å². The summed E-state index contributed by atoms with van der Waals surface area (Å²) in [6.45, 7) is 3.24. The molecule has 2 aromatic rings. The molecule has 0 fully saturated rings. The lowest BCUT2D eigenvalue weighted by atomic mass is 10.2. The van der Waals surface area contributed by atoms with E-state index in [2.05, 4.69) is 22.4 Å². The number of hydrogen-bond acceptors (Lipinski definition) is 5. The quantitative estimate of drug-likeness (QED) is 0.828. The van der Waals surface area contributed by atoms with Gasteiger partial charge < -0.3 is 14.6 Å². The number of nitrogens with zero attached hydrogens (tertiary/aromatic N) is 2. The second-order valence-corrected chi connectivity index (χ2v) is 4.32. The molecule has 1 aromatic carbocycles. The number of aromatic nitrogens is 2. The van der Waals surface area contributed by atoms with Crippen LogP contribution >= 0.6 is 0 Å². The van der Waals surface area contributed by atoms with Gasteiger partial charge in [-0.15, -0.1) is 0 Å². The predicted molar refractivity (Wildman–Crippen MR) is 71.8 cm³/mol. The Morgan fingerprint density at radius 3 is 2.74 bits per heavy atom. The molecule has 0 unspecified atom stereocenters. The molecule has 1 N–H and O–H groups in total. The van der Waals surface area contributed by atoms with Gasteiger partial charge >= 0.3 is 0 Å². The van der Waals surface area contributed by atoms with E-state index in [9.17, 15) is 0 Å². The first-order valence-electron chi connectivity index (χ1n) is 6.49. The fourth-order valence-electron chi connectivity index (χ4n) is 1.73. The number of ether oxygens (including phenoxy) is 1. The summed E-state index contributed by atoms with van der Waals surface area (Å²) in [5, 5.41) is 6.98. The molecule has 0 saturated carbocycles. The molecule has 0 spiro atoms. The Morgan fingerprint density at radius 2 is 2.05 bits per heavy atom. The highest BCUT2D eigenvalue weighted by Crippen LogP contribution is 2.13. The van der Waals surface area contributed by atoms with E-state index in [-0.39, 0.29) is 0 Å². The molecule has 5 nitrogen and oxygen atoms in total. The van der Waals surface area contributed by atoms with E-state index in [1.807, 2.05) is 31.3 Å². The maximum atomic E-state index is 5.60. The molecule has 0 aliphatic carbocycles. The highest BCUT2D eigenvalue weighted by molar-refractivity contribution is 5.27. The van der Waals surface area contributed by atoms with Crippen LogP contribution in [0.1, 0.15) is 30.6 Å². The Labute approximate surface area is 113 Å². The van der Waals surface area contributed by atoms with Crippen LogP contribution in [0.25, 0.3) is 0 Å². The van der Waals surface area contributed by atoms with Crippen molar-refractivity contribution in [3.8, 4) is 5.75 Å². The third-order valence-electron chi connectivity index (χ3n) is 2.65. The van der Waals surface area contributed by atoms with Gasteiger partial charge in [-0.3, -0.25) is 0 Å². The van der Waals surface area contributed by atoms with Crippen molar-refractivity contribution < 1.29 is 9.26 Å². The second-order valence-electron chi connectivity index (χ2n) is 4.32. The summed E-state index contributed by atoms with van der Waals surface area (Å²) >= 11 is 0. The van der Waals surface area contributed by atoms with Crippen LogP contribution in [0.3, 0.4) is 0 Å². The molecule has 0 radical (unpaired) electrons. The normalized spacial score (nSPS) is 10.6. The van der Waals surface area contributed by atoms with E-state index < -0.39 is 0 Å². The molecule has 102 valence electrons. The van der Waals surface area contributed by atoms with E-state index in [0.29, 0.717) is 12.5 Å². The minimum atomic E-state index is 0.308. The first kappa shape index (κ1) is 13.5. The van der Waals surface area contributed by atoms with Gasteiger partial charge in [0.15, 0.2) is 12.4 Å². The van der Waals surface area contributed by atoms with Gasteiger partial charge in [0.2, 0.25) is 0 Å². The van der Waals surface area contributed by atoms with Crippen LogP contribution in [0.5, 0.6) is 5.75 Å². The lowest BCUT2D eigenvalue weighted by Gasteiger charge is -2.04. The van der Waals surface area contributed by atoms with Crippen molar-refractivity contribution in [3.63, 3.8) is 0 Å². The standard InChI is InChI=1S/C14H19N3O2/c1-3-4-13-16-14(19-17-13)10-18-12-7-5-11(6-8-12)9-15-2/h5-8,15H,3-4,9-10H2,1-2H3. The Hall–Kier alpha value is -1.88. The van der Waals surface area contributed by atoms with Gasteiger partial charge in [-0.25, -0.2) is 0 Å². The van der Waals surface area contributed by atoms with Crippen molar-refractivity contribution >= 4 is 0 Å². The minimum Gasteiger partial charge on any atom is -0.484 e. The zero-order chi connectivity index (χ0) is 13.5. The van der Waals surface area contributed by atoms with Crippen LogP contribution in [-0.4, -0.2) is 17.2 Å². The molecule has 19 heavy (non-hydrogen) atoms. The molecule has 0 aliphatic heterocycles. The molecule has 1 heterocycles. The Morgan fingerprint density at radius 1 is 1.26 bits per heavy atom. The second kappa shape index (κ2) is 6.89. The summed E-state index contributed by atoms with van der Waals surface area (Å²) in [6, 6.07) is 7.94. The molecule has 0 bridgehead atoms. The van der Waals surface area contributed by atoms with Crippen molar-refractivity contribution in [3.05, 3.63) is 41.5 Å². The Kier molecular flexibility index (Phi) is 4.92. The molecule has 0 atom stereocenters. The van der Waals surface area contributed by atoms with Gasteiger partial charge in [0.05, 0.1) is 0 Å². The monoisotopic (exact) mass is 261 g/mol. The molecule has 0 amide bonds. The average molecular weight is 261 g/mol. The number of aryl methyl sites for hydroxylation is 1. The van der Waals surface area contributed by atoms with Crippen molar-refractivity contribution in [1.29, 1.82) is 0 Å². The summed E-state index contributed by atoms with van der Waals surface area (Å²) in [4.78, 5) is 4.25. The first-order chi connectivity index (χ1) is 9.31. The molecular weight excluding hydrogens is 242 g/mol. The van der Waals surface area contributed by atoms with Gasteiger partial charge in [-0.2, -0.15) is 4.98 Å². The number of rotatable bonds is 7. The third-order valence-corrected chi connectivity index (χ3v) is 2.65. The molecular formula is C14H19N3O2. The van der Waals surface area contributed by atoms with Gasteiger partial charge in [-0.1, -0.05) is 24.2 Å². The van der Waals surface area contributed by atoms with Gasteiger partial charge in [0.25, 0.3) is 5.89 Å². The first-order valence-corrected chi connectivity index (χ1v) is 6.49. The van der Waals surface area contributed by atoms with Crippen LogP contribution in [0.15, 0.2) is 28.8 Å². The van der Waals surface area contributed by atoms with E-state index in [1.54, 1.807) is 0 Å². The average Bonchev–Trinajstić information content (AvgIpc) is 2.87. The maximum absolute atomic E-state index is 5.60. The van der Waals surface area contributed by atoms with E-state index in [1.165, 1.54) is 5.56 Å². The summed E-state index contributed by atoms with van der Waals surface area (Å²) in [5.41, 5.74) is 1.22. The van der Waals surface area contributed by atoms with E-state index >= 15 is 0 Å². The third kappa shape index (κ3) is 4.06. The highest BCUT2D eigenvalue weighted by Gasteiger charge is 2.06. The van der Waals surface area contributed by atoms with Crippen LogP contribution in [0.4, 0.5) is 0 Å². The zero-order valence-corrected chi connectivity index (χ0v) is 11.3. The van der Waals surface area contributed by atoms with Gasteiger partial charge in [0, 0.05) is 13.0 Å². The zero-order valence-electron chi connectivity index (χ0n) is 11.3. The lowest BCUT2D eigenvalue weighted by Crippen LogP contribution is -2.04. The molecule has 0 saturated heterocycles. The topological polar surface area (TPSA) is 60.2 Å². The van der Waals surface area contributed by atoms with E-state index in [0.717, 1.165) is 31.0 Å². The van der Waals surface area contributed by atoms with Crippen LogP contribution in [0.2, 0.25) is 0 Å². The van der Waals surface area contributed by atoms with Crippen molar-refractivity contribution in [2.45, 2.75) is 32.9 Å². The summed E-state index contributed by atoms with van der Waals surface area (Å²) in [5.74, 6) is 2.06. The van der Waals surface area contributed by atoms with Crippen LogP contribution in [0, 0.1) is 0 Å². The predicted octanol–water partition coefficient (Wildman–Crippen LogP) is 2.32. The van der Waals surface area contributed by atoms with Crippen molar-refractivity contribution in [1.82, 2.24) is 15.5 Å². The molecule has 2 rings (SSSR count). The highest BCUT2D eigenvalue weighted by atomic mass is 16.5. The molecule has 5 heteroatoms. The number of nitrogens with one attached hydrogen (secondary N) is 1. The van der Waals surface area contributed by atoms with Crippen molar-refractivity contribution in [2.75, 3.05) is 7.05 Å². The molecule has 1 aromatic heterocycles. The van der Waals surface area contributed by atoms with E-state index in [4.69, 9.17) is 9.26 Å². The van der Waals surface area contributed by atoms with Crippen LogP contribution < -0.4 is 10.1 Å².